The highest BCUT2D eigenvalue weighted by atomic mass is 16.6. The number of carbonyl (C=O) groups excluding carboxylic acids is 1. The fourth-order valence-corrected chi connectivity index (χ4v) is 2.11. The van der Waals surface area contributed by atoms with Gasteiger partial charge in [-0.25, -0.2) is 4.79 Å². The molecule has 0 aliphatic rings. The summed E-state index contributed by atoms with van der Waals surface area (Å²) in [5.41, 5.74) is -1.67. The Balaban J connectivity index is 4.82. The molecule has 0 saturated heterocycles. The van der Waals surface area contributed by atoms with Gasteiger partial charge in [-0.15, -0.1) is 0 Å². The quantitative estimate of drug-likeness (QED) is 0.598. The summed E-state index contributed by atoms with van der Waals surface area (Å²) in [6, 6.07) is 0. The molecule has 0 aromatic rings. The molecule has 0 aliphatic heterocycles. The van der Waals surface area contributed by atoms with E-state index in [9.17, 15) is 14.7 Å². The van der Waals surface area contributed by atoms with E-state index in [4.69, 9.17) is 9.84 Å². The zero-order valence-corrected chi connectivity index (χ0v) is 13.7. The molecule has 0 radical (unpaired) electrons. The van der Waals surface area contributed by atoms with Gasteiger partial charge in [-0.05, 0) is 46.0 Å². The minimum absolute atomic E-state index is 0.0142. The first kappa shape index (κ1) is 19.7. The number of amides is 1. The van der Waals surface area contributed by atoms with Crippen LogP contribution in [0, 0.1) is 11.3 Å². The normalized spacial score (nSPS) is 14.6. The SMILES string of the molecule is CC(C)C(CCCCO)(CNC(=O)OC(C)(C)C)C(=O)O. The standard InChI is InChI=1S/C15H29NO5/c1-11(2)15(12(18)19,8-6-7-9-17)10-16-13(20)21-14(3,4)5/h11,17H,6-10H2,1-5H3,(H,16,20)(H,18,19). The summed E-state index contributed by atoms with van der Waals surface area (Å²) in [4.78, 5) is 23.4. The van der Waals surface area contributed by atoms with Gasteiger partial charge in [0.2, 0.25) is 0 Å². The van der Waals surface area contributed by atoms with Crippen LogP contribution in [-0.4, -0.2) is 41.0 Å². The Bertz CT molecular complexity index is 348. The summed E-state index contributed by atoms with van der Waals surface area (Å²) < 4.78 is 5.14. The lowest BCUT2D eigenvalue weighted by Gasteiger charge is -2.34. The number of rotatable bonds is 8. The lowest BCUT2D eigenvalue weighted by molar-refractivity contribution is -0.152. The van der Waals surface area contributed by atoms with Crippen molar-refractivity contribution in [3.05, 3.63) is 0 Å². The van der Waals surface area contributed by atoms with E-state index in [1.807, 2.05) is 13.8 Å². The highest BCUT2D eigenvalue weighted by molar-refractivity contribution is 5.76. The van der Waals surface area contributed by atoms with Gasteiger partial charge in [0.1, 0.15) is 5.60 Å². The van der Waals surface area contributed by atoms with E-state index in [-0.39, 0.29) is 19.1 Å². The molecule has 0 saturated carbocycles. The second-order valence-electron chi connectivity index (χ2n) is 6.65. The number of alkyl carbamates (subject to hydrolysis) is 1. The van der Waals surface area contributed by atoms with Gasteiger partial charge in [0.15, 0.2) is 0 Å². The maximum absolute atomic E-state index is 11.7. The molecule has 0 fully saturated rings. The number of hydrogen-bond donors (Lipinski definition) is 3. The van der Waals surface area contributed by atoms with Crippen molar-refractivity contribution in [2.75, 3.05) is 13.2 Å². The molecule has 3 N–H and O–H groups in total. The zero-order valence-electron chi connectivity index (χ0n) is 13.7. The van der Waals surface area contributed by atoms with Crippen molar-refractivity contribution in [2.24, 2.45) is 11.3 Å². The molecule has 1 atom stereocenters. The van der Waals surface area contributed by atoms with Crippen molar-refractivity contribution in [1.29, 1.82) is 0 Å². The van der Waals surface area contributed by atoms with Crippen LogP contribution in [-0.2, 0) is 9.53 Å². The first-order chi connectivity index (χ1) is 9.55. The van der Waals surface area contributed by atoms with Crippen LogP contribution in [0.2, 0.25) is 0 Å². The number of aliphatic hydroxyl groups is 1. The molecule has 21 heavy (non-hydrogen) atoms. The molecule has 0 aromatic heterocycles. The smallest absolute Gasteiger partial charge is 0.407 e. The topological polar surface area (TPSA) is 95.9 Å². The maximum atomic E-state index is 11.7. The number of aliphatic carboxylic acids is 1. The zero-order chi connectivity index (χ0) is 16.7. The number of ether oxygens (including phenoxy) is 1. The number of carboxylic acid groups (broad SMARTS) is 1. The number of nitrogens with one attached hydrogen (secondary N) is 1. The average molecular weight is 303 g/mol. The van der Waals surface area contributed by atoms with Crippen molar-refractivity contribution in [3.63, 3.8) is 0 Å². The van der Waals surface area contributed by atoms with E-state index in [0.29, 0.717) is 19.3 Å². The highest BCUT2D eigenvalue weighted by Gasteiger charge is 2.41. The van der Waals surface area contributed by atoms with Crippen LogP contribution in [0.15, 0.2) is 0 Å². The van der Waals surface area contributed by atoms with Crippen LogP contribution in [0.1, 0.15) is 53.9 Å². The van der Waals surface area contributed by atoms with E-state index in [1.165, 1.54) is 0 Å². The third kappa shape index (κ3) is 6.80. The van der Waals surface area contributed by atoms with Crippen LogP contribution in [0.3, 0.4) is 0 Å². The van der Waals surface area contributed by atoms with Gasteiger partial charge in [-0.3, -0.25) is 4.79 Å². The largest absolute Gasteiger partial charge is 0.481 e. The highest BCUT2D eigenvalue weighted by Crippen LogP contribution is 2.33. The summed E-state index contributed by atoms with van der Waals surface area (Å²) in [5.74, 6) is -1.09. The third-order valence-electron chi connectivity index (χ3n) is 3.51. The van der Waals surface area contributed by atoms with Gasteiger partial charge in [-0.1, -0.05) is 13.8 Å². The van der Waals surface area contributed by atoms with Gasteiger partial charge in [0.25, 0.3) is 0 Å². The number of unbranched alkanes of at least 4 members (excludes halogenated alkanes) is 1. The fraction of sp³-hybridized carbons (Fsp3) is 0.867. The predicted octanol–water partition coefficient (Wildman–Crippen LogP) is 2.40. The molecule has 0 aromatic carbocycles. The molecule has 6 nitrogen and oxygen atoms in total. The Kier molecular flexibility index (Phi) is 7.71. The number of carbonyl (C=O) groups is 2. The minimum atomic E-state index is -1.05. The van der Waals surface area contributed by atoms with Crippen molar-refractivity contribution in [3.8, 4) is 0 Å². The molecule has 0 rings (SSSR count). The van der Waals surface area contributed by atoms with Crippen molar-refractivity contribution >= 4 is 12.1 Å². The predicted molar refractivity (Wildman–Crippen MR) is 80.1 cm³/mol. The van der Waals surface area contributed by atoms with E-state index >= 15 is 0 Å². The van der Waals surface area contributed by atoms with Crippen LogP contribution < -0.4 is 5.32 Å². The van der Waals surface area contributed by atoms with Crippen molar-refractivity contribution in [2.45, 2.75) is 59.5 Å². The lowest BCUT2D eigenvalue weighted by atomic mass is 9.73. The average Bonchev–Trinajstić information content (AvgIpc) is 2.30. The first-order valence-electron chi connectivity index (χ1n) is 7.36. The minimum Gasteiger partial charge on any atom is -0.481 e. The van der Waals surface area contributed by atoms with Crippen molar-refractivity contribution < 1.29 is 24.5 Å². The molecule has 0 heterocycles. The molecule has 0 spiro atoms. The second kappa shape index (κ2) is 8.22. The summed E-state index contributed by atoms with van der Waals surface area (Å²) in [5, 5.41) is 21.0. The van der Waals surface area contributed by atoms with Gasteiger partial charge < -0.3 is 20.3 Å². The first-order valence-corrected chi connectivity index (χ1v) is 7.36. The molecular formula is C15H29NO5. The van der Waals surface area contributed by atoms with E-state index in [2.05, 4.69) is 5.32 Å². The summed E-state index contributed by atoms with van der Waals surface area (Å²) in [7, 11) is 0. The lowest BCUT2D eigenvalue weighted by Crippen LogP contribution is -2.47. The van der Waals surface area contributed by atoms with Crippen LogP contribution in [0.5, 0.6) is 0 Å². The van der Waals surface area contributed by atoms with Gasteiger partial charge in [-0.2, -0.15) is 0 Å². The summed E-state index contributed by atoms with van der Waals surface area (Å²) in [6.45, 7) is 8.95. The Morgan fingerprint density at radius 2 is 1.76 bits per heavy atom. The molecular weight excluding hydrogens is 274 g/mol. The maximum Gasteiger partial charge on any atom is 0.407 e. The van der Waals surface area contributed by atoms with E-state index in [0.717, 1.165) is 0 Å². The summed E-state index contributed by atoms with van der Waals surface area (Å²) >= 11 is 0. The molecule has 0 aliphatic carbocycles. The van der Waals surface area contributed by atoms with Gasteiger partial charge in [0.05, 0.1) is 5.41 Å². The van der Waals surface area contributed by atoms with Crippen molar-refractivity contribution in [1.82, 2.24) is 5.32 Å². The molecule has 6 heteroatoms. The molecule has 1 amide bonds. The van der Waals surface area contributed by atoms with Gasteiger partial charge >= 0.3 is 12.1 Å². The number of aliphatic hydroxyl groups excluding tert-OH is 1. The van der Waals surface area contributed by atoms with E-state index in [1.54, 1.807) is 20.8 Å². The fourth-order valence-electron chi connectivity index (χ4n) is 2.11. The van der Waals surface area contributed by atoms with E-state index < -0.39 is 23.1 Å². The Morgan fingerprint density at radius 1 is 1.19 bits per heavy atom. The number of hydrogen-bond acceptors (Lipinski definition) is 4. The second-order valence-corrected chi connectivity index (χ2v) is 6.65. The monoisotopic (exact) mass is 303 g/mol. The van der Waals surface area contributed by atoms with Crippen LogP contribution in [0.4, 0.5) is 4.79 Å². The molecule has 124 valence electrons. The Morgan fingerprint density at radius 3 is 2.14 bits per heavy atom. The molecule has 1 unspecified atom stereocenters. The van der Waals surface area contributed by atoms with Crippen LogP contribution in [0.25, 0.3) is 0 Å². The summed E-state index contributed by atoms with van der Waals surface area (Å²) in [6.07, 6.45) is 0.928. The Labute approximate surface area is 126 Å². The van der Waals surface area contributed by atoms with Gasteiger partial charge in [0, 0.05) is 13.2 Å². The third-order valence-corrected chi connectivity index (χ3v) is 3.51. The van der Waals surface area contributed by atoms with Crippen LogP contribution >= 0.6 is 0 Å². The molecule has 0 bridgehead atoms. The Hall–Kier alpha value is -1.30. The number of carboxylic acids is 1.